The molecule has 7 heteroatoms. The summed E-state index contributed by atoms with van der Waals surface area (Å²) in [6.45, 7) is 1.04. The van der Waals surface area contributed by atoms with Gasteiger partial charge < -0.3 is 15.0 Å². The molecule has 1 N–H and O–H groups in total. The summed E-state index contributed by atoms with van der Waals surface area (Å²) < 4.78 is 5.21. The molecular weight excluding hydrogens is 374 g/mol. The minimum absolute atomic E-state index is 0.0898. The molecule has 0 aliphatic carbocycles. The third-order valence-electron chi connectivity index (χ3n) is 4.60. The van der Waals surface area contributed by atoms with Crippen molar-refractivity contribution in [2.24, 2.45) is 0 Å². The number of amides is 2. The van der Waals surface area contributed by atoms with Crippen LogP contribution in [0.25, 0.3) is 0 Å². The molecule has 3 heterocycles. The third kappa shape index (κ3) is 3.61. The lowest BCUT2D eigenvalue weighted by molar-refractivity contribution is 0.0952. The Morgan fingerprint density at radius 3 is 2.93 bits per heavy atom. The first-order valence-corrected chi connectivity index (χ1v) is 9.73. The predicted octanol–water partition coefficient (Wildman–Crippen LogP) is 3.28. The lowest BCUT2D eigenvalue weighted by atomic mass is 10.2. The maximum absolute atomic E-state index is 12.7. The van der Waals surface area contributed by atoms with Crippen LogP contribution in [0, 0.1) is 0 Å². The van der Waals surface area contributed by atoms with E-state index < -0.39 is 0 Å². The van der Waals surface area contributed by atoms with Gasteiger partial charge >= 0.3 is 0 Å². The average molecular weight is 393 g/mol. The Kier molecular flexibility index (Phi) is 5.08. The van der Waals surface area contributed by atoms with Crippen molar-refractivity contribution in [2.75, 3.05) is 18.6 Å². The topological polar surface area (TPSA) is 71.5 Å². The average Bonchev–Trinajstić information content (AvgIpc) is 3.33. The van der Waals surface area contributed by atoms with Gasteiger partial charge in [-0.3, -0.25) is 14.6 Å². The standard InChI is InChI=1S/C21H19N3O3S/c1-27-16-6-2-4-14(10-16)12-23-20(25)19-11-17-18(28-19)7-9-24(17)21(26)15-5-3-8-22-13-15/h2-6,8,10-11,13H,7,9,12H2,1H3,(H,23,25). The number of benzene rings is 1. The first-order chi connectivity index (χ1) is 13.7. The number of hydrogen-bond donors (Lipinski definition) is 1. The normalized spacial score (nSPS) is 12.5. The van der Waals surface area contributed by atoms with E-state index in [2.05, 4.69) is 10.3 Å². The molecule has 0 radical (unpaired) electrons. The lowest BCUT2D eigenvalue weighted by Gasteiger charge is -2.15. The molecule has 4 rings (SSSR count). The van der Waals surface area contributed by atoms with E-state index in [9.17, 15) is 9.59 Å². The molecule has 1 aromatic carbocycles. The summed E-state index contributed by atoms with van der Waals surface area (Å²) in [4.78, 5) is 32.7. The molecule has 2 aromatic heterocycles. The fourth-order valence-electron chi connectivity index (χ4n) is 3.18. The molecule has 0 fully saturated rings. The molecule has 0 atom stereocenters. The van der Waals surface area contributed by atoms with E-state index in [1.807, 2.05) is 30.3 Å². The zero-order chi connectivity index (χ0) is 19.5. The molecule has 0 bridgehead atoms. The van der Waals surface area contributed by atoms with Gasteiger partial charge in [0.2, 0.25) is 0 Å². The second-order valence-corrected chi connectivity index (χ2v) is 7.54. The first kappa shape index (κ1) is 18.2. The third-order valence-corrected chi connectivity index (χ3v) is 5.79. The molecular formula is C21H19N3O3S. The zero-order valence-electron chi connectivity index (χ0n) is 15.3. The van der Waals surface area contributed by atoms with Gasteiger partial charge in [0.05, 0.1) is 23.2 Å². The Balaban J connectivity index is 1.46. The van der Waals surface area contributed by atoms with Crippen LogP contribution in [0.4, 0.5) is 5.69 Å². The van der Waals surface area contributed by atoms with Crippen molar-refractivity contribution in [1.29, 1.82) is 0 Å². The highest BCUT2D eigenvalue weighted by Crippen LogP contribution is 2.36. The van der Waals surface area contributed by atoms with Gasteiger partial charge in [0.15, 0.2) is 0 Å². The summed E-state index contributed by atoms with van der Waals surface area (Å²) >= 11 is 1.44. The number of methoxy groups -OCH3 is 1. The SMILES string of the molecule is COc1cccc(CNC(=O)c2cc3c(s2)CCN3C(=O)c2cccnc2)c1. The van der Waals surface area contributed by atoms with Gasteiger partial charge in [-0.15, -0.1) is 11.3 Å². The maximum atomic E-state index is 12.7. The number of fused-ring (bicyclic) bond motifs is 1. The summed E-state index contributed by atoms with van der Waals surface area (Å²) in [5.74, 6) is 0.524. The Hall–Kier alpha value is -3.19. The van der Waals surface area contributed by atoms with E-state index in [-0.39, 0.29) is 11.8 Å². The molecule has 2 amide bonds. The van der Waals surface area contributed by atoms with E-state index in [4.69, 9.17) is 4.74 Å². The van der Waals surface area contributed by atoms with Gasteiger partial charge in [0, 0.05) is 36.8 Å². The van der Waals surface area contributed by atoms with Crippen LogP contribution in [0.2, 0.25) is 0 Å². The monoisotopic (exact) mass is 393 g/mol. The molecule has 1 aliphatic heterocycles. The molecule has 6 nitrogen and oxygen atoms in total. The Bertz CT molecular complexity index is 1020. The molecule has 28 heavy (non-hydrogen) atoms. The highest BCUT2D eigenvalue weighted by atomic mass is 32.1. The number of pyridine rings is 1. The second-order valence-electron chi connectivity index (χ2n) is 6.40. The highest BCUT2D eigenvalue weighted by Gasteiger charge is 2.29. The molecule has 0 unspecified atom stereocenters. The van der Waals surface area contributed by atoms with E-state index >= 15 is 0 Å². The van der Waals surface area contributed by atoms with Gasteiger partial charge in [-0.2, -0.15) is 0 Å². The van der Waals surface area contributed by atoms with Crippen molar-refractivity contribution in [1.82, 2.24) is 10.3 Å². The number of thiophene rings is 1. The number of hydrogen-bond acceptors (Lipinski definition) is 5. The highest BCUT2D eigenvalue weighted by molar-refractivity contribution is 7.14. The van der Waals surface area contributed by atoms with Gasteiger partial charge in [-0.05, 0) is 35.9 Å². The number of anilines is 1. The maximum Gasteiger partial charge on any atom is 0.261 e. The molecule has 3 aromatic rings. The summed E-state index contributed by atoms with van der Waals surface area (Å²) in [5, 5.41) is 2.93. The van der Waals surface area contributed by atoms with Crippen molar-refractivity contribution in [2.45, 2.75) is 13.0 Å². The summed E-state index contributed by atoms with van der Waals surface area (Å²) in [5.41, 5.74) is 2.33. The van der Waals surface area contributed by atoms with Crippen molar-refractivity contribution < 1.29 is 14.3 Å². The summed E-state index contributed by atoms with van der Waals surface area (Å²) in [6, 6.07) is 12.9. The van der Waals surface area contributed by atoms with Crippen LogP contribution in [0.15, 0.2) is 54.9 Å². The Morgan fingerprint density at radius 1 is 1.25 bits per heavy atom. The summed E-state index contributed by atoms with van der Waals surface area (Å²) in [7, 11) is 1.61. The van der Waals surface area contributed by atoms with Crippen LogP contribution in [0.1, 0.15) is 30.5 Å². The minimum Gasteiger partial charge on any atom is -0.497 e. The molecule has 1 aliphatic rings. The summed E-state index contributed by atoms with van der Waals surface area (Å²) in [6.07, 6.45) is 3.96. The number of aromatic nitrogens is 1. The Morgan fingerprint density at radius 2 is 2.14 bits per heavy atom. The largest absolute Gasteiger partial charge is 0.497 e. The fraction of sp³-hybridized carbons (Fsp3) is 0.190. The molecule has 0 saturated carbocycles. The van der Waals surface area contributed by atoms with Gasteiger partial charge in [-0.25, -0.2) is 0 Å². The number of rotatable bonds is 5. The van der Waals surface area contributed by atoms with Crippen molar-refractivity contribution in [3.8, 4) is 5.75 Å². The van der Waals surface area contributed by atoms with Crippen LogP contribution in [0.3, 0.4) is 0 Å². The smallest absolute Gasteiger partial charge is 0.261 e. The van der Waals surface area contributed by atoms with E-state index in [1.165, 1.54) is 11.3 Å². The first-order valence-electron chi connectivity index (χ1n) is 8.91. The van der Waals surface area contributed by atoms with Gasteiger partial charge in [0.25, 0.3) is 11.8 Å². The van der Waals surface area contributed by atoms with Crippen LogP contribution in [-0.2, 0) is 13.0 Å². The van der Waals surface area contributed by atoms with Crippen LogP contribution >= 0.6 is 11.3 Å². The quantitative estimate of drug-likeness (QED) is 0.722. The van der Waals surface area contributed by atoms with Crippen molar-refractivity contribution in [3.63, 3.8) is 0 Å². The molecule has 0 saturated heterocycles. The number of ether oxygens (including phenoxy) is 1. The number of carbonyl (C=O) groups is 2. The van der Waals surface area contributed by atoms with Crippen molar-refractivity contribution >= 4 is 28.8 Å². The van der Waals surface area contributed by atoms with E-state index in [0.717, 1.165) is 28.3 Å². The number of carbonyl (C=O) groups excluding carboxylic acids is 2. The predicted molar refractivity (Wildman–Crippen MR) is 108 cm³/mol. The van der Waals surface area contributed by atoms with Crippen LogP contribution in [0.5, 0.6) is 5.75 Å². The van der Waals surface area contributed by atoms with Gasteiger partial charge in [-0.1, -0.05) is 12.1 Å². The minimum atomic E-state index is -0.143. The van der Waals surface area contributed by atoms with Crippen molar-refractivity contribution in [3.05, 3.63) is 75.7 Å². The molecule has 0 spiro atoms. The van der Waals surface area contributed by atoms with E-state index in [0.29, 0.717) is 23.5 Å². The second kappa shape index (κ2) is 7.82. The molecule has 142 valence electrons. The van der Waals surface area contributed by atoms with Crippen LogP contribution < -0.4 is 15.0 Å². The van der Waals surface area contributed by atoms with Crippen LogP contribution in [-0.4, -0.2) is 30.5 Å². The van der Waals surface area contributed by atoms with E-state index in [1.54, 1.807) is 36.5 Å². The Labute approximate surface area is 166 Å². The number of nitrogens with zero attached hydrogens (tertiary/aromatic N) is 2. The lowest BCUT2D eigenvalue weighted by Crippen LogP contribution is -2.29. The van der Waals surface area contributed by atoms with Gasteiger partial charge in [0.1, 0.15) is 5.75 Å². The number of nitrogens with one attached hydrogen (secondary N) is 1. The zero-order valence-corrected chi connectivity index (χ0v) is 16.2. The fourth-order valence-corrected chi connectivity index (χ4v) is 4.25.